The summed E-state index contributed by atoms with van der Waals surface area (Å²) >= 11 is 0. The minimum Gasteiger partial charge on any atom is -0.481 e. The van der Waals surface area contributed by atoms with Gasteiger partial charge in [-0.1, -0.05) is 271 Å². The van der Waals surface area contributed by atoms with Crippen LogP contribution in [-0.4, -0.2) is 23.7 Å². The molecule has 0 spiro atoms. The first-order valence-corrected chi connectivity index (χ1v) is 25.0. The molecule has 1 N–H and O–H groups in total. The van der Waals surface area contributed by atoms with Crippen molar-refractivity contribution in [2.45, 2.75) is 303 Å². The van der Waals surface area contributed by atoms with Crippen LogP contribution >= 0.6 is 0 Å². The van der Waals surface area contributed by atoms with Gasteiger partial charge in [0.2, 0.25) is 0 Å². The van der Waals surface area contributed by atoms with E-state index in [1.54, 1.807) is 0 Å². The smallest absolute Gasteiger partial charge is 0.305 e. The van der Waals surface area contributed by atoms with E-state index in [0.29, 0.717) is 19.4 Å². The number of carbonyl (C=O) groups is 2. The van der Waals surface area contributed by atoms with Crippen LogP contribution < -0.4 is 0 Å². The molecule has 0 aromatic carbocycles. The van der Waals surface area contributed by atoms with Gasteiger partial charge in [0.1, 0.15) is 0 Å². The normalized spacial score (nSPS) is 11.1. The van der Waals surface area contributed by atoms with Crippen molar-refractivity contribution >= 4 is 11.9 Å². The molecule has 0 fully saturated rings. The van der Waals surface area contributed by atoms with Gasteiger partial charge < -0.3 is 9.84 Å². The first-order valence-electron chi connectivity index (χ1n) is 25.0. The van der Waals surface area contributed by atoms with Crippen molar-refractivity contribution in [2.24, 2.45) is 0 Å². The number of ether oxygens (including phenoxy) is 1. The molecule has 0 amide bonds. The Bertz CT molecular complexity index is 692. The van der Waals surface area contributed by atoms with Crippen LogP contribution in [-0.2, 0) is 14.3 Å². The van der Waals surface area contributed by atoms with Gasteiger partial charge in [0.25, 0.3) is 0 Å². The molecule has 0 rings (SSSR count). The summed E-state index contributed by atoms with van der Waals surface area (Å²) in [6.07, 6.45) is 57.4. The fraction of sp³-hybridized carbons (Fsp3) is 0.960. The fourth-order valence-electron chi connectivity index (χ4n) is 7.49. The lowest BCUT2D eigenvalue weighted by Crippen LogP contribution is -2.05. The summed E-state index contributed by atoms with van der Waals surface area (Å²) in [5.41, 5.74) is 0. The summed E-state index contributed by atoms with van der Waals surface area (Å²) in [7, 11) is 0. The Kier molecular flexibility index (Phi) is 52.9. The number of carbonyl (C=O) groups excluding carboxylic acids is 1. The fourth-order valence-corrected chi connectivity index (χ4v) is 7.49. The van der Waals surface area contributed by atoms with E-state index in [0.717, 1.165) is 25.7 Å². The van der Waals surface area contributed by atoms with Crippen molar-refractivity contribution < 1.29 is 19.4 Å². The molecule has 0 radical (unpaired) electrons. The zero-order valence-corrected chi connectivity index (χ0v) is 37.5. The lowest BCUT2D eigenvalue weighted by molar-refractivity contribution is -0.144. The van der Waals surface area contributed by atoms with Crippen molar-refractivity contribution in [3.05, 3.63) is 0 Å². The van der Waals surface area contributed by atoms with Crippen LogP contribution in [0.25, 0.3) is 0 Å². The highest BCUT2D eigenvalue weighted by molar-refractivity contribution is 5.69. The maximum atomic E-state index is 11.8. The highest BCUT2D eigenvalue weighted by Gasteiger charge is 2.03. The highest BCUT2D eigenvalue weighted by Crippen LogP contribution is 2.16. The molecule has 0 atom stereocenters. The Hall–Kier alpha value is -1.06. The average molecular weight is 765 g/mol. The maximum Gasteiger partial charge on any atom is 0.305 e. The van der Waals surface area contributed by atoms with Crippen LogP contribution in [0.1, 0.15) is 303 Å². The Morgan fingerprint density at radius 2 is 0.500 bits per heavy atom. The number of rotatable bonds is 45. The van der Waals surface area contributed by atoms with Crippen LogP contribution in [0.5, 0.6) is 0 Å². The van der Waals surface area contributed by atoms with Crippen LogP contribution in [0.2, 0.25) is 0 Å². The third kappa shape index (κ3) is 55.3. The highest BCUT2D eigenvalue weighted by atomic mass is 16.5. The van der Waals surface area contributed by atoms with Gasteiger partial charge in [0, 0.05) is 12.8 Å². The van der Waals surface area contributed by atoms with E-state index in [2.05, 4.69) is 20.8 Å². The Balaban J connectivity index is 0. The molecule has 4 nitrogen and oxygen atoms in total. The van der Waals surface area contributed by atoms with Crippen molar-refractivity contribution in [3.8, 4) is 0 Å². The number of aliphatic carboxylic acids is 1. The van der Waals surface area contributed by atoms with Crippen LogP contribution in [0.4, 0.5) is 0 Å². The molecular formula is C50H100O4. The van der Waals surface area contributed by atoms with Gasteiger partial charge in [0.15, 0.2) is 0 Å². The zero-order chi connectivity index (χ0) is 39.7. The molecule has 0 aromatic rings. The third-order valence-electron chi connectivity index (χ3n) is 11.2. The largest absolute Gasteiger partial charge is 0.481 e. The van der Waals surface area contributed by atoms with Crippen LogP contribution in [0.3, 0.4) is 0 Å². The van der Waals surface area contributed by atoms with E-state index >= 15 is 0 Å². The minimum absolute atomic E-state index is 0.0222. The summed E-state index contributed by atoms with van der Waals surface area (Å²) in [4.78, 5) is 22.2. The maximum absolute atomic E-state index is 11.8. The summed E-state index contributed by atoms with van der Waals surface area (Å²) < 4.78 is 5.39. The summed E-state index contributed by atoms with van der Waals surface area (Å²) in [6.45, 7) is 7.47. The van der Waals surface area contributed by atoms with Crippen molar-refractivity contribution in [3.63, 3.8) is 0 Å². The molecule has 0 unspecified atom stereocenters. The monoisotopic (exact) mass is 765 g/mol. The lowest BCUT2D eigenvalue weighted by atomic mass is 10.0. The van der Waals surface area contributed by atoms with Gasteiger partial charge in [-0.05, 0) is 19.3 Å². The van der Waals surface area contributed by atoms with Crippen molar-refractivity contribution in [1.82, 2.24) is 0 Å². The van der Waals surface area contributed by atoms with Gasteiger partial charge >= 0.3 is 11.9 Å². The van der Waals surface area contributed by atoms with Crippen LogP contribution in [0, 0.1) is 0 Å². The number of carboxylic acids is 1. The molecule has 0 heterocycles. The average Bonchev–Trinajstić information content (AvgIpc) is 3.16. The van der Waals surface area contributed by atoms with E-state index in [-0.39, 0.29) is 5.97 Å². The minimum atomic E-state index is -0.651. The van der Waals surface area contributed by atoms with E-state index in [1.165, 1.54) is 244 Å². The number of hydrogen-bond donors (Lipinski definition) is 1. The number of unbranched alkanes of at least 4 members (excludes halogenated alkanes) is 39. The zero-order valence-electron chi connectivity index (χ0n) is 37.5. The first-order chi connectivity index (χ1) is 26.6. The van der Waals surface area contributed by atoms with Gasteiger partial charge in [-0.3, -0.25) is 9.59 Å². The molecule has 0 aliphatic carbocycles. The number of hydrogen-bond acceptors (Lipinski definition) is 3. The van der Waals surface area contributed by atoms with E-state index in [9.17, 15) is 9.59 Å². The summed E-state index contributed by atoms with van der Waals surface area (Å²) in [5.74, 6) is -0.629. The Labute approximate surface area is 340 Å². The topological polar surface area (TPSA) is 63.6 Å². The number of esters is 1. The molecular weight excluding hydrogens is 665 g/mol. The van der Waals surface area contributed by atoms with E-state index < -0.39 is 5.97 Å². The van der Waals surface area contributed by atoms with Gasteiger partial charge in [-0.2, -0.15) is 0 Å². The standard InChI is InChI=1S/C28H56O2.C22H44O2/c1-3-5-7-9-11-13-15-17-19-21-23-25-27-30-28(29)26-24-22-20-18-16-14-12-10-8-6-4-2;1-2-3-4-5-6-7-8-9-10-11-12-13-14-15-16-17-18-19-20-21-22(23)24/h3-27H2,1-2H3;2-21H2,1H3,(H,23,24). The first kappa shape index (κ1) is 55.0. The number of carboxylic acid groups (broad SMARTS) is 1. The summed E-state index contributed by atoms with van der Waals surface area (Å²) in [6, 6.07) is 0. The summed E-state index contributed by atoms with van der Waals surface area (Å²) in [5, 5.41) is 8.56. The second kappa shape index (κ2) is 51.9. The molecule has 0 aromatic heterocycles. The molecule has 324 valence electrons. The predicted molar refractivity (Wildman–Crippen MR) is 239 cm³/mol. The molecule has 0 saturated heterocycles. The van der Waals surface area contributed by atoms with E-state index in [1.807, 2.05) is 0 Å². The quantitative estimate of drug-likeness (QED) is 0.0495. The van der Waals surface area contributed by atoms with Crippen LogP contribution in [0.15, 0.2) is 0 Å². The predicted octanol–water partition coefficient (Wildman–Crippen LogP) is 17.8. The van der Waals surface area contributed by atoms with Gasteiger partial charge in [-0.15, -0.1) is 0 Å². The molecule has 4 heteroatoms. The lowest BCUT2D eigenvalue weighted by Gasteiger charge is -2.06. The Morgan fingerprint density at radius 3 is 0.741 bits per heavy atom. The SMILES string of the molecule is CCCCCCCCCCCCCCCCCCCCCC(=O)O.CCCCCCCCCCCCCCOC(=O)CCCCCCCCCCCCC. The molecule has 0 aliphatic rings. The van der Waals surface area contributed by atoms with Gasteiger partial charge in [0.05, 0.1) is 6.61 Å². The van der Waals surface area contributed by atoms with E-state index in [4.69, 9.17) is 9.84 Å². The van der Waals surface area contributed by atoms with Crippen molar-refractivity contribution in [2.75, 3.05) is 6.61 Å². The Morgan fingerprint density at radius 1 is 0.296 bits per heavy atom. The molecule has 0 bridgehead atoms. The third-order valence-corrected chi connectivity index (χ3v) is 11.2. The molecule has 54 heavy (non-hydrogen) atoms. The molecule has 0 aliphatic heterocycles. The van der Waals surface area contributed by atoms with Crippen molar-refractivity contribution in [1.29, 1.82) is 0 Å². The van der Waals surface area contributed by atoms with Gasteiger partial charge in [-0.25, -0.2) is 0 Å². The molecule has 0 saturated carbocycles. The second-order valence-corrected chi connectivity index (χ2v) is 16.9. The second-order valence-electron chi connectivity index (χ2n) is 16.9.